The minimum atomic E-state index is 0.0461. The summed E-state index contributed by atoms with van der Waals surface area (Å²) in [7, 11) is 0. The molecule has 1 aliphatic rings. The molecule has 2 aromatic rings. The van der Waals surface area contributed by atoms with Crippen molar-refractivity contribution < 1.29 is 4.79 Å². The first-order valence-corrected chi connectivity index (χ1v) is 8.26. The van der Waals surface area contributed by atoms with E-state index in [1.165, 1.54) is 11.1 Å². The van der Waals surface area contributed by atoms with Gasteiger partial charge in [-0.05, 0) is 48.2 Å². The molecule has 1 amide bonds. The summed E-state index contributed by atoms with van der Waals surface area (Å²) in [4.78, 5) is 14.5. The minimum Gasteiger partial charge on any atom is -0.325 e. The third-order valence-corrected chi connectivity index (χ3v) is 4.53. The summed E-state index contributed by atoms with van der Waals surface area (Å²) in [6, 6.07) is 14.4. The molecule has 2 aromatic carbocycles. The molecule has 0 atom stereocenters. The number of hydrogen-bond acceptors (Lipinski definition) is 2. The zero-order valence-corrected chi connectivity index (χ0v) is 14.2. The van der Waals surface area contributed by atoms with E-state index >= 15 is 0 Å². The van der Waals surface area contributed by atoms with Gasteiger partial charge >= 0.3 is 0 Å². The number of rotatable bonds is 3. The van der Waals surface area contributed by atoms with Crippen molar-refractivity contribution in [3.8, 4) is 0 Å². The lowest BCUT2D eigenvalue weighted by Gasteiger charge is -2.28. The Labute approximate surface area is 139 Å². The predicted octanol–water partition coefficient (Wildman–Crippen LogP) is 3.75. The Morgan fingerprint density at radius 2 is 2.00 bits per heavy atom. The first-order valence-electron chi connectivity index (χ1n) is 7.47. The fourth-order valence-electron chi connectivity index (χ4n) is 2.85. The SMILES string of the molecule is Cc1cc(Br)ccc1NC(=O)CN1CCc2ccccc2C1. The lowest BCUT2D eigenvalue weighted by Crippen LogP contribution is -2.37. The van der Waals surface area contributed by atoms with E-state index < -0.39 is 0 Å². The number of amides is 1. The summed E-state index contributed by atoms with van der Waals surface area (Å²) < 4.78 is 1.02. The number of fused-ring (bicyclic) bond motifs is 1. The van der Waals surface area contributed by atoms with Gasteiger partial charge in [0.1, 0.15) is 0 Å². The van der Waals surface area contributed by atoms with Crippen molar-refractivity contribution in [2.24, 2.45) is 0 Å². The number of aryl methyl sites for hydroxylation is 1. The molecule has 0 aliphatic carbocycles. The first-order chi connectivity index (χ1) is 10.6. The van der Waals surface area contributed by atoms with Gasteiger partial charge < -0.3 is 5.32 Å². The van der Waals surface area contributed by atoms with Gasteiger partial charge in [0, 0.05) is 23.2 Å². The van der Waals surface area contributed by atoms with Crippen molar-refractivity contribution >= 4 is 27.5 Å². The molecule has 1 heterocycles. The van der Waals surface area contributed by atoms with Gasteiger partial charge in [-0.3, -0.25) is 9.69 Å². The van der Waals surface area contributed by atoms with Crippen LogP contribution in [0.4, 0.5) is 5.69 Å². The van der Waals surface area contributed by atoms with E-state index in [1.54, 1.807) is 0 Å². The molecule has 3 rings (SSSR count). The zero-order valence-electron chi connectivity index (χ0n) is 12.6. The van der Waals surface area contributed by atoms with Gasteiger partial charge in [-0.15, -0.1) is 0 Å². The van der Waals surface area contributed by atoms with Crippen LogP contribution in [0, 0.1) is 6.92 Å². The maximum absolute atomic E-state index is 12.3. The number of benzene rings is 2. The van der Waals surface area contributed by atoms with Crippen molar-refractivity contribution in [2.75, 3.05) is 18.4 Å². The van der Waals surface area contributed by atoms with E-state index in [-0.39, 0.29) is 5.91 Å². The largest absolute Gasteiger partial charge is 0.325 e. The predicted molar refractivity (Wildman–Crippen MR) is 92.9 cm³/mol. The standard InChI is InChI=1S/C18H19BrN2O/c1-13-10-16(19)6-7-17(13)20-18(22)12-21-9-8-14-4-2-3-5-15(14)11-21/h2-7,10H,8-9,11-12H2,1H3,(H,20,22). The summed E-state index contributed by atoms with van der Waals surface area (Å²) in [5, 5.41) is 3.01. The molecule has 3 nitrogen and oxygen atoms in total. The number of hydrogen-bond donors (Lipinski definition) is 1. The van der Waals surface area contributed by atoms with E-state index in [9.17, 15) is 4.79 Å². The highest BCUT2D eigenvalue weighted by molar-refractivity contribution is 9.10. The van der Waals surface area contributed by atoms with Crippen LogP contribution in [0.3, 0.4) is 0 Å². The van der Waals surface area contributed by atoms with Gasteiger partial charge in [-0.2, -0.15) is 0 Å². The van der Waals surface area contributed by atoms with Crippen LogP contribution in [-0.4, -0.2) is 23.9 Å². The smallest absolute Gasteiger partial charge is 0.238 e. The molecule has 0 radical (unpaired) electrons. The van der Waals surface area contributed by atoms with Gasteiger partial charge in [-0.1, -0.05) is 40.2 Å². The number of nitrogens with zero attached hydrogens (tertiary/aromatic N) is 1. The van der Waals surface area contributed by atoms with E-state index in [2.05, 4.69) is 50.4 Å². The Bertz CT molecular complexity index is 699. The van der Waals surface area contributed by atoms with Crippen LogP contribution < -0.4 is 5.32 Å². The monoisotopic (exact) mass is 358 g/mol. The highest BCUT2D eigenvalue weighted by atomic mass is 79.9. The molecule has 4 heteroatoms. The van der Waals surface area contributed by atoms with E-state index in [1.807, 2.05) is 25.1 Å². The van der Waals surface area contributed by atoms with Crippen molar-refractivity contribution in [1.29, 1.82) is 0 Å². The maximum Gasteiger partial charge on any atom is 0.238 e. The molecule has 22 heavy (non-hydrogen) atoms. The molecule has 0 bridgehead atoms. The second-order valence-electron chi connectivity index (χ2n) is 5.74. The second-order valence-corrected chi connectivity index (χ2v) is 6.65. The number of carbonyl (C=O) groups is 1. The molecular weight excluding hydrogens is 340 g/mol. The average Bonchev–Trinajstić information content (AvgIpc) is 2.50. The van der Waals surface area contributed by atoms with Crippen molar-refractivity contribution in [3.63, 3.8) is 0 Å². The second kappa shape index (κ2) is 6.63. The Morgan fingerprint density at radius 3 is 2.77 bits per heavy atom. The Balaban J connectivity index is 1.61. The molecule has 1 aliphatic heterocycles. The van der Waals surface area contributed by atoms with E-state index in [4.69, 9.17) is 0 Å². The van der Waals surface area contributed by atoms with Gasteiger partial charge in [-0.25, -0.2) is 0 Å². The highest BCUT2D eigenvalue weighted by Crippen LogP contribution is 2.21. The minimum absolute atomic E-state index is 0.0461. The van der Waals surface area contributed by atoms with E-state index in [0.29, 0.717) is 6.54 Å². The Hall–Kier alpha value is -1.65. The quantitative estimate of drug-likeness (QED) is 0.905. The molecular formula is C18H19BrN2O. The van der Waals surface area contributed by atoms with Gasteiger partial charge in [0.2, 0.25) is 5.91 Å². The lowest BCUT2D eigenvalue weighted by molar-refractivity contribution is -0.117. The number of nitrogens with one attached hydrogen (secondary N) is 1. The van der Waals surface area contributed by atoms with Gasteiger partial charge in [0.25, 0.3) is 0 Å². The van der Waals surface area contributed by atoms with Crippen molar-refractivity contribution in [3.05, 3.63) is 63.6 Å². The van der Waals surface area contributed by atoms with Gasteiger partial charge in [0.05, 0.1) is 6.54 Å². The van der Waals surface area contributed by atoms with E-state index in [0.717, 1.165) is 35.2 Å². The zero-order chi connectivity index (χ0) is 15.5. The average molecular weight is 359 g/mol. The maximum atomic E-state index is 12.3. The molecule has 0 saturated carbocycles. The van der Waals surface area contributed by atoms with Crippen LogP contribution in [0.2, 0.25) is 0 Å². The normalized spacial score (nSPS) is 14.5. The summed E-state index contributed by atoms with van der Waals surface area (Å²) in [5.41, 5.74) is 4.68. The highest BCUT2D eigenvalue weighted by Gasteiger charge is 2.18. The van der Waals surface area contributed by atoms with Crippen molar-refractivity contribution in [1.82, 2.24) is 4.90 Å². The first kappa shape index (κ1) is 15.3. The van der Waals surface area contributed by atoms with Crippen LogP contribution in [0.25, 0.3) is 0 Å². The summed E-state index contributed by atoms with van der Waals surface area (Å²) in [5.74, 6) is 0.0461. The summed E-state index contributed by atoms with van der Waals surface area (Å²) in [6.07, 6.45) is 1.01. The van der Waals surface area contributed by atoms with Crippen LogP contribution >= 0.6 is 15.9 Å². The molecule has 0 fully saturated rings. The third-order valence-electron chi connectivity index (χ3n) is 4.04. The third kappa shape index (κ3) is 3.57. The Morgan fingerprint density at radius 1 is 1.23 bits per heavy atom. The Kier molecular flexibility index (Phi) is 4.60. The topological polar surface area (TPSA) is 32.3 Å². The van der Waals surface area contributed by atoms with Crippen LogP contribution in [0.5, 0.6) is 0 Å². The molecule has 114 valence electrons. The fraction of sp³-hybridized carbons (Fsp3) is 0.278. The van der Waals surface area contributed by atoms with Crippen molar-refractivity contribution in [2.45, 2.75) is 19.9 Å². The summed E-state index contributed by atoms with van der Waals surface area (Å²) in [6.45, 7) is 4.22. The van der Waals surface area contributed by atoms with Crippen LogP contribution in [0.1, 0.15) is 16.7 Å². The number of halogens is 1. The fourth-order valence-corrected chi connectivity index (χ4v) is 3.32. The molecule has 0 saturated heterocycles. The summed E-state index contributed by atoms with van der Waals surface area (Å²) >= 11 is 3.44. The number of carbonyl (C=O) groups excluding carboxylic acids is 1. The molecule has 1 N–H and O–H groups in total. The van der Waals surface area contributed by atoms with Gasteiger partial charge in [0.15, 0.2) is 0 Å². The molecule has 0 aromatic heterocycles. The van der Waals surface area contributed by atoms with Crippen LogP contribution in [-0.2, 0) is 17.8 Å². The number of anilines is 1. The lowest BCUT2D eigenvalue weighted by atomic mass is 10.00. The molecule has 0 unspecified atom stereocenters. The molecule has 0 spiro atoms. The van der Waals surface area contributed by atoms with Crippen LogP contribution in [0.15, 0.2) is 46.9 Å².